The zero-order valence-corrected chi connectivity index (χ0v) is 11.1. The molecule has 0 aliphatic carbocycles. The lowest BCUT2D eigenvalue weighted by Gasteiger charge is -2.29. The summed E-state index contributed by atoms with van der Waals surface area (Å²) in [4.78, 5) is 12.1. The second kappa shape index (κ2) is 4.93. The minimum atomic E-state index is -0.444. The summed E-state index contributed by atoms with van der Waals surface area (Å²) in [5, 5.41) is 6.51. The number of aryl methyl sites for hydroxylation is 1. The van der Waals surface area contributed by atoms with Crippen molar-refractivity contribution in [3.63, 3.8) is 0 Å². The second-order valence-electron chi connectivity index (χ2n) is 5.76. The summed E-state index contributed by atoms with van der Waals surface area (Å²) in [6.45, 7) is 1.86. The van der Waals surface area contributed by atoms with Gasteiger partial charge in [-0.05, 0) is 44.7 Å². The third kappa shape index (κ3) is 2.63. The zero-order valence-electron chi connectivity index (χ0n) is 11.1. The fraction of sp³-hybridized carbons (Fsp3) is 0.533. The van der Waals surface area contributed by atoms with Gasteiger partial charge in [0.25, 0.3) is 5.91 Å². The van der Waals surface area contributed by atoms with Gasteiger partial charge in [0.1, 0.15) is 5.82 Å². The molecule has 1 amide bonds. The molecule has 2 bridgehead atoms. The Morgan fingerprint density at radius 1 is 1.32 bits per heavy atom. The van der Waals surface area contributed by atoms with E-state index >= 15 is 0 Å². The van der Waals surface area contributed by atoms with E-state index in [9.17, 15) is 9.18 Å². The lowest BCUT2D eigenvalue weighted by atomic mass is 9.99. The van der Waals surface area contributed by atoms with Crippen LogP contribution < -0.4 is 10.6 Å². The Morgan fingerprint density at radius 2 is 2.00 bits per heavy atom. The topological polar surface area (TPSA) is 41.1 Å². The van der Waals surface area contributed by atoms with E-state index in [0.29, 0.717) is 12.1 Å². The third-order valence-electron chi connectivity index (χ3n) is 4.17. The van der Waals surface area contributed by atoms with Gasteiger partial charge in [-0.25, -0.2) is 4.39 Å². The van der Waals surface area contributed by atoms with Crippen LogP contribution in [-0.4, -0.2) is 24.0 Å². The lowest BCUT2D eigenvalue weighted by molar-refractivity contribution is 0.0920. The first-order valence-corrected chi connectivity index (χ1v) is 6.95. The highest BCUT2D eigenvalue weighted by molar-refractivity contribution is 5.94. The van der Waals surface area contributed by atoms with Crippen LogP contribution in [0.3, 0.4) is 0 Å². The van der Waals surface area contributed by atoms with E-state index in [1.165, 1.54) is 18.9 Å². The van der Waals surface area contributed by atoms with Crippen molar-refractivity contribution in [3.8, 4) is 0 Å². The van der Waals surface area contributed by atoms with E-state index in [1.54, 1.807) is 12.1 Å². The Kier molecular flexibility index (Phi) is 3.27. The molecule has 2 aliphatic rings. The molecule has 102 valence electrons. The molecule has 2 unspecified atom stereocenters. The standard InChI is InChI=1S/C15H19FN2O/c1-9-2-5-14(16)13(6-9)15(19)18-12-7-10-3-4-11(8-12)17-10/h2,5-6,10-12,17H,3-4,7-8H2,1H3,(H,18,19). The maximum Gasteiger partial charge on any atom is 0.254 e. The number of carbonyl (C=O) groups excluding carboxylic acids is 1. The SMILES string of the molecule is Cc1ccc(F)c(C(=O)NC2CC3CCC(C2)N3)c1. The summed E-state index contributed by atoms with van der Waals surface area (Å²) in [6, 6.07) is 5.86. The highest BCUT2D eigenvalue weighted by Crippen LogP contribution is 2.27. The first-order valence-electron chi connectivity index (χ1n) is 6.95. The number of benzene rings is 1. The maximum atomic E-state index is 13.7. The molecule has 0 radical (unpaired) electrons. The summed E-state index contributed by atoms with van der Waals surface area (Å²) in [6.07, 6.45) is 4.29. The molecule has 0 spiro atoms. The number of carbonyl (C=O) groups is 1. The Bertz CT molecular complexity index is 491. The number of rotatable bonds is 2. The second-order valence-corrected chi connectivity index (χ2v) is 5.76. The van der Waals surface area contributed by atoms with E-state index in [-0.39, 0.29) is 17.5 Å². The van der Waals surface area contributed by atoms with Crippen LogP contribution in [0.4, 0.5) is 4.39 Å². The minimum absolute atomic E-state index is 0.158. The molecule has 1 aromatic rings. The first kappa shape index (κ1) is 12.6. The van der Waals surface area contributed by atoms with Crippen molar-refractivity contribution in [3.05, 3.63) is 35.1 Å². The normalized spacial score (nSPS) is 29.3. The molecule has 2 atom stereocenters. The molecule has 1 aromatic carbocycles. The highest BCUT2D eigenvalue weighted by atomic mass is 19.1. The van der Waals surface area contributed by atoms with Crippen LogP contribution in [-0.2, 0) is 0 Å². The van der Waals surface area contributed by atoms with E-state index in [0.717, 1.165) is 18.4 Å². The van der Waals surface area contributed by atoms with Gasteiger partial charge < -0.3 is 10.6 Å². The number of hydrogen-bond acceptors (Lipinski definition) is 2. The minimum Gasteiger partial charge on any atom is -0.349 e. The van der Waals surface area contributed by atoms with E-state index in [2.05, 4.69) is 10.6 Å². The van der Waals surface area contributed by atoms with Gasteiger partial charge in [-0.2, -0.15) is 0 Å². The third-order valence-corrected chi connectivity index (χ3v) is 4.17. The molecule has 2 saturated heterocycles. The van der Waals surface area contributed by atoms with Crippen LogP contribution in [0.15, 0.2) is 18.2 Å². The van der Waals surface area contributed by atoms with Crippen LogP contribution in [0, 0.1) is 12.7 Å². The van der Waals surface area contributed by atoms with Crippen LogP contribution in [0.2, 0.25) is 0 Å². The van der Waals surface area contributed by atoms with Crippen molar-refractivity contribution in [2.75, 3.05) is 0 Å². The van der Waals surface area contributed by atoms with Gasteiger partial charge in [-0.15, -0.1) is 0 Å². The molecule has 3 nitrogen and oxygen atoms in total. The van der Waals surface area contributed by atoms with Crippen molar-refractivity contribution < 1.29 is 9.18 Å². The van der Waals surface area contributed by atoms with E-state index in [1.807, 2.05) is 6.92 Å². The molecule has 4 heteroatoms. The fourth-order valence-corrected chi connectivity index (χ4v) is 3.25. The van der Waals surface area contributed by atoms with Crippen LogP contribution in [0.25, 0.3) is 0 Å². The number of amides is 1. The van der Waals surface area contributed by atoms with Gasteiger partial charge in [-0.3, -0.25) is 4.79 Å². The number of piperidine rings is 1. The van der Waals surface area contributed by atoms with Crippen molar-refractivity contribution >= 4 is 5.91 Å². The van der Waals surface area contributed by atoms with Gasteiger partial charge in [0.05, 0.1) is 5.56 Å². The smallest absolute Gasteiger partial charge is 0.254 e. The van der Waals surface area contributed by atoms with E-state index in [4.69, 9.17) is 0 Å². The van der Waals surface area contributed by atoms with Gasteiger partial charge in [-0.1, -0.05) is 11.6 Å². The predicted molar refractivity (Wildman–Crippen MR) is 71.6 cm³/mol. The summed E-state index contributed by atoms with van der Waals surface area (Å²) in [5.74, 6) is -0.729. The average Bonchev–Trinajstić information content (AvgIpc) is 2.71. The first-order chi connectivity index (χ1) is 9.11. The molecule has 19 heavy (non-hydrogen) atoms. The Morgan fingerprint density at radius 3 is 2.68 bits per heavy atom. The van der Waals surface area contributed by atoms with Gasteiger partial charge >= 0.3 is 0 Å². The number of hydrogen-bond donors (Lipinski definition) is 2. The van der Waals surface area contributed by atoms with Crippen molar-refractivity contribution in [1.82, 2.24) is 10.6 Å². The summed E-state index contributed by atoms with van der Waals surface area (Å²) in [5.41, 5.74) is 1.06. The maximum absolute atomic E-state index is 13.7. The Balaban J connectivity index is 1.69. The molecule has 3 rings (SSSR count). The zero-order chi connectivity index (χ0) is 13.4. The highest BCUT2D eigenvalue weighted by Gasteiger charge is 2.34. The predicted octanol–water partition coefficient (Wildman–Crippen LogP) is 2.15. The quantitative estimate of drug-likeness (QED) is 0.857. The van der Waals surface area contributed by atoms with Crippen LogP contribution in [0.5, 0.6) is 0 Å². The average molecular weight is 262 g/mol. The molecule has 0 aromatic heterocycles. The van der Waals surface area contributed by atoms with Gasteiger partial charge in [0.15, 0.2) is 0 Å². The number of fused-ring (bicyclic) bond motifs is 2. The van der Waals surface area contributed by atoms with Crippen LogP contribution in [0.1, 0.15) is 41.6 Å². The van der Waals surface area contributed by atoms with Crippen molar-refractivity contribution in [1.29, 1.82) is 0 Å². The fourth-order valence-electron chi connectivity index (χ4n) is 3.25. The molecular weight excluding hydrogens is 243 g/mol. The molecular formula is C15H19FN2O. The van der Waals surface area contributed by atoms with Crippen molar-refractivity contribution in [2.24, 2.45) is 0 Å². The summed E-state index contributed by atoms with van der Waals surface area (Å²) >= 11 is 0. The summed E-state index contributed by atoms with van der Waals surface area (Å²) in [7, 11) is 0. The van der Waals surface area contributed by atoms with E-state index < -0.39 is 5.82 Å². The van der Waals surface area contributed by atoms with Crippen LogP contribution >= 0.6 is 0 Å². The largest absolute Gasteiger partial charge is 0.349 e. The van der Waals surface area contributed by atoms with Gasteiger partial charge in [0.2, 0.25) is 0 Å². The Hall–Kier alpha value is -1.42. The summed E-state index contributed by atoms with van der Waals surface area (Å²) < 4.78 is 13.7. The number of halogens is 1. The monoisotopic (exact) mass is 262 g/mol. The molecule has 2 aliphatic heterocycles. The molecule has 0 saturated carbocycles. The molecule has 2 fully saturated rings. The molecule has 2 N–H and O–H groups in total. The number of nitrogens with one attached hydrogen (secondary N) is 2. The lowest BCUT2D eigenvalue weighted by Crippen LogP contribution is -2.48. The molecule has 2 heterocycles. The van der Waals surface area contributed by atoms with Gasteiger partial charge in [0, 0.05) is 18.1 Å². The van der Waals surface area contributed by atoms with Crippen molar-refractivity contribution in [2.45, 2.75) is 50.7 Å². The Labute approximate surface area is 112 Å².